The standard InChI is InChI=1S/C12H19NO3/c1-9(14)6-7-10-11(13)4-3-5-12(10)16-8-15-2/h3-5,9,14H,6-8,13H2,1-2H3. The molecule has 0 aromatic heterocycles. The Hall–Kier alpha value is -1.26. The fourth-order valence-corrected chi connectivity index (χ4v) is 1.46. The number of ether oxygens (including phenoxy) is 2. The van der Waals surface area contributed by atoms with Gasteiger partial charge in [-0.1, -0.05) is 6.07 Å². The molecule has 16 heavy (non-hydrogen) atoms. The van der Waals surface area contributed by atoms with Crippen LogP contribution in [0.4, 0.5) is 5.69 Å². The maximum absolute atomic E-state index is 9.27. The number of methoxy groups -OCH3 is 1. The number of nitrogens with two attached hydrogens (primary N) is 1. The molecule has 0 spiro atoms. The Morgan fingerprint density at radius 1 is 1.44 bits per heavy atom. The molecule has 90 valence electrons. The van der Waals surface area contributed by atoms with Crippen LogP contribution < -0.4 is 10.5 Å². The first-order valence-corrected chi connectivity index (χ1v) is 5.32. The summed E-state index contributed by atoms with van der Waals surface area (Å²) in [6.45, 7) is 1.96. The normalized spacial score (nSPS) is 12.4. The van der Waals surface area contributed by atoms with Gasteiger partial charge in [-0.3, -0.25) is 0 Å². The highest BCUT2D eigenvalue weighted by Crippen LogP contribution is 2.26. The van der Waals surface area contributed by atoms with Gasteiger partial charge < -0.3 is 20.3 Å². The summed E-state index contributed by atoms with van der Waals surface area (Å²) in [7, 11) is 1.57. The first-order valence-electron chi connectivity index (χ1n) is 5.32. The molecule has 1 rings (SSSR count). The molecule has 0 bridgehead atoms. The van der Waals surface area contributed by atoms with Crippen molar-refractivity contribution in [3.05, 3.63) is 23.8 Å². The van der Waals surface area contributed by atoms with E-state index in [1.807, 2.05) is 18.2 Å². The van der Waals surface area contributed by atoms with Gasteiger partial charge in [-0.25, -0.2) is 0 Å². The van der Waals surface area contributed by atoms with E-state index in [4.69, 9.17) is 15.2 Å². The predicted molar refractivity (Wildman–Crippen MR) is 63.4 cm³/mol. The Kier molecular flexibility index (Phi) is 5.08. The van der Waals surface area contributed by atoms with Crippen molar-refractivity contribution in [2.75, 3.05) is 19.6 Å². The molecule has 3 N–H and O–H groups in total. The van der Waals surface area contributed by atoms with Crippen molar-refractivity contribution < 1.29 is 14.6 Å². The van der Waals surface area contributed by atoms with Gasteiger partial charge in [0.15, 0.2) is 6.79 Å². The Morgan fingerprint density at radius 3 is 2.81 bits per heavy atom. The maximum Gasteiger partial charge on any atom is 0.188 e. The average molecular weight is 225 g/mol. The monoisotopic (exact) mass is 225 g/mol. The summed E-state index contributed by atoms with van der Waals surface area (Å²) >= 11 is 0. The van der Waals surface area contributed by atoms with E-state index >= 15 is 0 Å². The van der Waals surface area contributed by atoms with Gasteiger partial charge in [-0.15, -0.1) is 0 Å². The Bertz CT molecular complexity index is 326. The molecular weight excluding hydrogens is 206 g/mol. The molecule has 1 atom stereocenters. The summed E-state index contributed by atoms with van der Waals surface area (Å²) in [5.41, 5.74) is 7.50. The number of hydrogen-bond acceptors (Lipinski definition) is 4. The molecule has 0 fully saturated rings. The van der Waals surface area contributed by atoms with Gasteiger partial charge in [0.2, 0.25) is 0 Å². The largest absolute Gasteiger partial charge is 0.467 e. The Morgan fingerprint density at radius 2 is 2.19 bits per heavy atom. The zero-order valence-electron chi connectivity index (χ0n) is 9.77. The molecule has 0 aliphatic carbocycles. The van der Waals surface area contributed by atoms with E-state index in [0.717, 1.165) is 11.3 Å². The van der Waals surface area contributed by atoms with Crippen molar-refractivity contribution in [1.29, 1.82) is 0 Å². The summed E-state index contributed by atoms with van der Waals surface area (Å²) in [5, 5.41) is 9.27. The van der Waals surface area contributed by atoms with Crippen LogP contribution in [-0.2, 0) is 11.2 Å². The van der Waals surface area contributed by atoms with Crippen molar-refractivity contribution in [2.45, 2.75) is 25.9 Å². The minimum absolute atomic E-state index is 0.200. The van der Waals surface area contributed by atoms with E-state index < -0.39 is 0 Å². The number of nitrogen functional groups attached to an aromatic ring is 1. The molecule has 0 amide bonds. The Balaban J connectivity index is 2.77. The third kappa shape index (κ3) is 3.72. The summed E-state index contributed by atoms with van der Waals surface area (Å²) in [6, 6.07) is 5.52. The van der Waals surface area contributed by atoms with Gasteiger partial charge >= 0.3 is 0 Å². The van der Waals surface area contributed by atoms with E-state index in [1.54, 1.807) is 14.0 Å². The second-order valence-electron chi connectivity index (χ2n) is 3.76. The van der Waals surface area contributed by atoms with Crippen molar-refractivity contribution in [1.82, 2.24) is 0 Å². The lowest BCUT2D eigenvalue weighted by atomic mass is 10.0. The first kappa shape index (κ1) is 12.8. The molecule has 0 aliphatic heterocycles. The second-order valence-corrected chi connectivity index (χ2v) is 3.76. The van der Waals surface area contributed by atoms with Crippen molar-refractivity contribution in [2.24, 2.45) is 0 Å². The Labute approximate surface area is 96.0 Å². The smallest absolute Gasteiger partial charge is 0.188 e. The molecule has 0 saturated carbocycles. The quantitative estimate of drug-likeness (QED) is 0.569. The van der Waals surface area contributed by atoms with Crippen molar-refractivity contribution in [3.8, 4) is 5.75 Å². The second kappa shape index (κ2) is 6.35. The molecule has 0 radical (unpaired) electrons. The molecular formula is C12H19NO3. The molecule has 0 saturated heterocycles. The van der Waals surface area contributed by atoms with Gasteiger partial charge in [-0.2, -0.15) is 0 Å². The number of rotatable bonds is 6. The molecule has 4 heteroatoms. The number of aliphatic hydroxyl groups excluding tert-OH is 1. The number of hydrogen-bond donors (Lipinski definition) is 2. The van der Waals surface area contributed by atoms with E-state index in [2.05, 4.69) is 0 Å². The van der Waals surface area contributed by atoms with Crippen LogP contribution in [0.2, 0.25) is 0 Å². The van der Waals surface area contributed by atoms with E-state index in [9.17, 15) is 5.11 Å². The van der Waals surface area contributed by atoms with Gasteiger partial charge in [0.25, 0.3) is 0 Å². The molecule has 4 nitrogen and oxygen atoms in total. The average Bonchev–Trinajstić information content (AvgIpc) is 2.24. The maximum atomic E-state index is 9.27. The highest BCUT2D eigenvalue weighted by molar-refractivity contribution is 5.54. The molecule has 1 aromatic rings. The van der Waals surface area contributed by atoms with E-state index in [0.29, 0.717) is 18.5 Å². The highest BCUT2D eigenvalue weighted by Gasteiger charge is 2.08. The van der Waals surface area contributed by atoms with Crippen LogP contribution in [0.3, 0.4) is 0 Å². The lowest BCUT2D eigenvalue weighted by Gasteiger charge is -2.13. The minimum atomic E-state index is -0.338. The van der Waals surface area contributed by atoms with Crippen LogP contribution in [-0.4, -0.2) is 25.1 Å². The zero-order valence-corrected chi connectivity index (χ0v) is 9.77. The third-order valence-corrected chi connectivity index (χ3v) is 2.31. The van der Waals surface area contributed by atoms with Gasteiger partial charge in [0, 0.05) is 18.4 Å². The van der Waals surface area contributed by atoms with Crippen molar-refractivity contribution >= 4 is 5.69 Å². The van der Waals surface area contributed by atoms with Crippen molar-refractivity contribution in [3.63, 3.8) is 0 Å². The summed E-state index contributed by atoms with van der Waals surface area (Å²) in [5.74, 6) is 0.725. The first-order chi connectivity index (χ1) is 7.65. The van der Waals surface area contributed by atoms with Crippen LogP contribution in [0, 0.1) is 0 Å². The van der Waals surface area contributed by atoms with Crippen LogP contribution in [0.1, 0.15) is 18.9 Å². The van der Waals surface area contributed by atoms with Crippen LogP contribution >= 0.6 is 0 Å². The minimum Gasteiger partial charge on any atom is -0.467 e. The van der Waals surface area contributed by atoms with E-state index in [1.165, 1.54) is 0 Å². The lowest BCUT2D eigenvalue weighted by Crippen LogP contribution is -2.07. The fraction of sp³-hybridized carbons (Fsp3) is 0.500. The highest BCUT2D eigenvalue weighted by atomic mass is 16.7. The number of benzene rings is 1. The van der Waals surface area contributed by atoms with Crippen LogP contribution in [0.15, 0.2) is 18.2 Å². The third-order valence-electron chi connectivity index (χ3n) is 2.31. The molecule has 0 heterocycles. The lowest BCUT2D eigenvalue weighted by molar-refractivity contribution is 0.0503. The number of aliphatic hydroxyl groups is 1. The van der Waals surface area contributed by atoms with Gasteiger partial charge in [-0.05, 0) is 31.9 Å². The molecule has 1 unspecified atom stereocenters. The SMILES string of the molecule is COCOc1cccc(N)c1CCC(C)O. The zero-order chi connectivity index (χ0) is 12.0. The molecule has 0 aliphatic rings. The predicted octanol–water partition coefficient (Wildman–Crippen LogP) is 1.56. The number of anilines is 1. The van der Waals surface area contributed by atoms with E-state index in [-0.39, 0.29) is 12.9 Å². The summed E-state index contributed by atoms with van der Waals surface area (Å²) in [4.78, 5) is 0. The molecule has 1 aromatic carbocycles. The summed E-state index contributed by atoms with van der Waals surface area (Å²) in [6.07, 6.45) is 1.02. The van der Waals surface area contributed by atoms with Crippen LogP contribution in [0.5, 0.6) is 5.75 Å². The van der Waals surface area contributed by atoms with Gasteiger partial charge in [0.05, 0.1) is 6.10 Å². The topological polar surface area (TPSA) is 64.7 Å². The van der Waals surface area contributed by atoms with Gasteiger partial charge in [0.1, 0.15) is 5.75 Å². The fourth-order valence-electron chi connectivity index (χ4n) is 1.46. The van der Waals surface area contributed by atoms with Crippen LogP contribution in [0.25, 0.3) is 0 Å². The summed E-state index contributed by atoms with van der Waals surface area (Å²) < 4.78 is 10.3.